The number of likely N-dealkylation sites (tertiary alicyclic amines) is 1. The monoisotopic (exact) mass is 911 g/mol. The van der Waals surface area contributed by atoms with Crippen LogP contribution >= 0.6 is 0 Å². The second-order valence-electron chi connectivity index (χ2n) is 17.3. The molecule has 7 N–H and O–H groups in total. The van der Waals surface area contributed by atoms with Crippen LogP contribution in [0.15, 0.2) is 132 Å². The summed E-state index contributed by atoms with van der Waals surface area (Å²) < 4.78 is 26.8. The first kappa shape index (κ1) is 46.6. The summed E-state index contributed by atoms with van der Waals surface area (Å²) in [5.41, 5.74) is 0.453. The van der Waals surface area contributed by atoms with Gasteiger partial charge in [0.15, 0.2) is 6.61 Å². The van der Waals surface area contributed by atoms with Crippen molar-refractivity contribution in [3.05, 3.63) is 177 Å². The molecule has 8 rings (SSSR count). The molecule has 14 nitrogen and oxygen atoms in total. The van der Waals surface area contributed by atoms with Gasteiger partial charge in [0.05, 0.1) is 23.8 Å². The number of aromatic nitrogens is 1. The number of benzene rings is 5. The summed E-state index contributed by atoms with van der Waals surface area (Å²) in [4.78, 5) is 56.4. The number of hydrogen-bond acceptors (Lipinski definition) is 11. The molecule has 0 bridgehead atoms. The highest BCUT2D eigenvalue weighted by Crippen LogP contribution is 2.34. The average molecular weight is 912 g/mol. The number of esters is 1. The number of fused-ring (bicyclic) bond motifs is 1. The number of nitrogens with one attached hydrogen (secondary N) is 4. The minimum Gasteiger partial charge on any atom is -0.506 e. The van der Waals surface area contributed by atoms with E-state index >= 15 is 4.39 Å². The van der Waals surface area contributed by atoms with Crippen LogP contribution in [0.3, 0.4) is 0 Å². The molecule has 1 aromatic heterocycles. The number of rotatable bonds is 18. The Morgan fingerprint density at radius 3 is 2.28 bits per heavy atom. The van der Waals surface area contributed by atoms with Crippen molar-refractivity contribution in [1.82, 2.24) is 25.8 Å². The predicted octanol–water partition coefficient (Wildman–Crippen LogP) is 5.34. The largest absolute Gasteiger partial charge is 0.506 e. The molecule has 67 heavy (non-hydrogen) atoms. The number of pyridine rings is 1. The van der Waals surface area contributed by atoms with Gasteiger partial charge < -0.3 is 45.7 Å². The number of aliphatic hydroxyl groups excluding tert-OH is 1. The van der Waals surface area contributed by atoms with Crippen LogP contribution in [-0.2, 0) is 33.0 Å². The van der Waals surface area contributed by atoms with Crippen molar-refractivity contribution in [2.75, 3.05) is 32.8 Å². The molecule has 1 aliphatic heterocycles. The first-order chi connectivity index (χ1) is 32.4. The topological polar surface area (TPSA) is 203 Å². The molecule has 0 spiro atoms. The number of aromatic amines is 1. The molecular formula is C52H54FN5O9. The molecule has 2 atom stereocenters. The summed E-state index contributed by atoms with van der Waals surface area (Å²) in [6.45, 7) is 2.77. The molecule has 1 unspecified atom stereocenters. The van der Waals surface area contributed by atoms with Crippen molar-refractivity contribution in [2.45, 2.75) is 62.6 Å². The van der Waals surface area contributed by atoms with Crippen molar-refractivity contribution in [3.8, 4) is 11.5 Å². The maximum absolute atomic E-state index is 15.1. The number of amides is 2. The number of carbonyl (C=O) groups excluding carboxylic acids is 3. The standard InChI is InChI=1S/C52H54FN5O9/c53-44-24-35(28-54-29-46(60)41-16-18-45(59)49-42(41)17-19-47(61)57-49)14-15-43(44)50(63)56-39-26-38(27-39)55-48(62)32-66-40-13-7-12-37(25-40)52(65,36-10-5-2-6-11-36)51(64)67-31-34-20-22-58(23-21-34)30-33-8-3-1-4-9-33/h1-19,24-25,34,38-39,46,54,59-60,65H,20-23,26-32H2,(H,55,62)(H,56,63)(H,57,61)/t38-,39-,46-,52?/m0/s1. The first-order valence-corrected chi connectivity index (χ1v) is 22.5. The molecule has 348 valence electrons. The molecule has 2 amide bonds. The zero-order valence-electron chi connectivity index (χ0n) is 36.8. The average Bonchev–Trinajstić information content (AvgIpc) is 3.33. The van der Waals surface area contributed by atoms with Crippen LogP contribution in [0.2, 0.25) is 0 Å². The van der Waals surface area contributed by atoms with Crippen molar-refractivity contribution >= 4 is 28.7 Å². The number of carbonyl (C=O) groups is 3. The van der Waals surface area contributed by atoms with Gasteiger partial charge in [-0.25, -0.2) is 9.18 Å². The van der Waals surface area contributed by atoms with Crippen LogP contribution in [0.4, 0.5) is 4.39 Å². The lowest BCUT2D eigenvalue weighted by atomic mass is 9.86. The van der Waals surface area contributed by atoms with Crippen molar-refractivity contribution in [1.29, 1.82) is 0 Å². The normalized spacial score (nSPS) is 17.7. The van der Waals surface area contributed by atoms with Gasteiger partial charge in [0.25, 0.3) is 11.8 Å². The second-order valence-corrected chi connectivity index (χ2v) is 17.3. The van der Waals surface area contributed by atoms with Crippen LogP contribution in [-0.4, -0.2) is 87.9 Å². The fraction of sp³-hybridized carbons (Fsp3) is 0.308. The molecule has 2 heterocycles. The third-order valence-corrected chi connectivity index (χ3v) is 12.6. The van der Waals surface area contributed by atoms with Crippen molar-refractivity contribution in [3.63, 3.8) is 0 Å². The fourth-order valence-corrected chi connectivity index (χ4v) is 8.74. The quantitative estimate of drug-likeness (QED) is 0.0549. The summed E-state index contributed by atoms with van der Waals surface area (Å²) in [7, 11) is 0. The maximum atomic E-state index is 15.1. The Kier molecular flexibility index (Phi) is 14.7. The van der Waals surface area contributed by atoms with Gasteiger partial charge in [0.2, 0.25) is 11.2 Å². The van der Waals surface area contributed by atoms with E-state index in [0.717, 1.165) is 32.5 Å². The number of aliphatic hydroxyl groups is 2. The zero-order valence-corrected chi connectivity index (χ0v) is 36.8. The Balaban J connectivity index is 0.774. The van der Waals surface area contributed by atoms with E-state index in [0.29, 0.717) is 34.9 Å². The van der Waals surface area contributed by atoms with Gasteiger partial charge in [-0.05, 0) is 103 Å². The molecule has 15 heteroatoms. The van der Waals surface area contributed by atoms with E-state index in [-0.39, 0.29) is 78.0 Å². The van der Waals surface area contributed by atoms with Crippen LogP contribution in [0.5, 0.6) is 11.5 Å². The lowest BCUT2D eigenvalue weighted by molar-refractivity contribution is -0.164. The summed E-state index contributed by atoms with van der Waals surface area (Å²) in [5.74, 6) is -2.17. The number of aromatic hydroxyl groups is 1. The fourth-order valence-electron chi connectivity index (χ4n) is 8.74. The van der Waals surface area contributed by atoms with E-state index in [1.807, 2.05) is 18.2 Å². The van der Waals surface area contributed by atoms with Gasteiger partial charge in [-0.15, -0.1) is 0 Å². The Bertz CT molecular complexity index is 2740. The van der Waals surface area contributed by atoms with Gasteiger partial charge in [-0.3, -0.25) is 19.3 Å². The number of phenols is 1. The minimum absolute atomic E-state index is 0.0927. The number of nitrogens with zero attached hydrogens (tertiary/aromatic N) is 1. The van der Waals surface area contributed by atoms with Gasteiger partial charge in [0.1, 0.15) is 17.3 Å². The number of halogens is 1. The van der Waals surface area contributed by atoms with E-state index < -0.39 is 35.3 Å². The SMILES string of the molecule is O=C(COc1cccc(C(O)(C(=O)OCC2CCN(Cc3ccccc3)CC2)c2ccccc2)c1)N[C@H]1C[C@H](NC(=O)c2ccc(CNC[C@H](O)c3ccc(O)c4[nH]c(=O)ccc34)cc2F)C1. The molecule has 0 radical (unpaired) electrons. The van der Waals surface area contributed by atoms with Gasteiger partial charge in [0, 0.05) is 48.7 Å². The lowest BCUT2D eigenvalue weighted by Gasteiger charge is -2.36. The van der Waals surface area contributed by atoms with E-state index in [1.165, 1.54) is 42.0 Å². The van der Waals surface area contributed by atoms with Crippen molar-refractivity contribution in [2.24, 2.45) is 5.92 Å². The highest BCUT2D eigenvalue weighted by Gasteiger charge is 2.42. The molecule has 1 saturated carbocycles. The second kappa shape index (κ2) is 21.2. The minimum atomic E-state index is -2.13. The Morgan fingerprint density at radius 1 is 0.821 bits per heavy atom. The van der Waals surface area contributed by atoms with E-state index in [1.54, 1.807) is 60.7 Å². The van der Waals surface area contributed by atoms with Crippen molar-refractivity contribution < 1.29 is 43.6 Å². The summed E-state index contributed by atoms with van der Waals surface area (Å²) in [6, 6.07) is 34.8. The number of phenolic OH excluding ortho intramolecular Hbond substituents is 1. The predicted molar refractivity (Wildman–Crippen MR) is 248 cm³/mol. The number of hydrogen-bond donors (Lipinski definition) is 7. The zero-order chi connectivity index (χ0) is 46.9. The summed E-state index contributed by atoms with van der Waals surface area (Å²) in [5, 5.41) is 42.3. The molecule has 2 fully saturated rings. The van der Waals surface area contributed by atoms with Gasteiger partial charge >= 0.3 is 5.97 Å². The molecule has 1 saturated heterocycles. The third-order valence-electron chi connectivity index (χ3n) is 12.6. The number of ether oxygens (including phenoxy) is 2. The Hall–Kier alpha value is -6.91. The first-order valence-electron chi connectivity index (χ1n) is 22.5. The third kappa shape index (κ3) is 11.4. The van der Waals surface area contributed by atoms with Crippen LogP contribution < -0.4 is 26.2 Å². The van der Waals surface area contributed by atoms with E-state index in [9.17, 15) is 34.5 Å². The van der Waals surface area contributed by atoms with E-state index in [4.69, 9.17) is 9.47 Å². The van der Waals surface area contributed by atoms with Gasteiger partial charge in [-0.2, -0.15) is 0 Å². The summed E-state index contributed by atoms with van der Waals surface area (Å²) >= 11 is 0. The highest BCUT2D eigenvalue weighted by molar-refractivity contribution is 5.95. The molecular weight excluding hydrogens is 858 g/mol. The number of piperidine rings is 1. The van der Waals surface area contributed by atoms with Crippen LogP contribution in [0.1, 0.15) is 70.0 Å². The maximum Gasteiger partial charge on any atom is 0.347 e. The van der Waals surface area contributed by atoms with Gasteiger partial charge in [-0.1, -0.05) is 84.9 Å². The molecule has 5 aromatic carbocycles. The van der Waals surface area contributed by atoms with E-state index in [2.05, 4.69) is 38.0 Å². The Labute approximate surface area is 386 Å². The lowest BCUT2D eigenvalue weighted by Crippen LogP contribution is -2.54. The highest BCUT2D eigenvalue weighted by atomic mass is 19.1. The summed E-state index contributed by atoms with van der Waals surface area (Å²) in [6.07, 6.45) is 1.61. The molecule has 1 aliphatic carbocycles. The molecule has 6 aromatic rings. The Morgan fingerprint density at radius 2 is 1.54 bits per heavy atom. The van der Waals surface area contributed by atoms with Crippen LogP contribution in [0.25, 0.3) is 10.9 Å². The number of H-pyrrole nitrogens is 1. The van der Waals surface area contributed by atoms with Crippen LogP contribution in [0, 0.1) is 11.7 Å². The smallest absolute Gasteiger partial charge is 0.347 e. The molecule has 2 aliphatic rings.